The number of carbonyl (C=O) groups is 7. The molecule has 1 spiro atoms. The third-order valence-electron chi connectivity index (χ3n) is 18.8. The minimum Gasteiger partial charge on any atom is -0.496 e. The number of anilines is 1. The highest BCUT2D eigenvalue weighted by Crippen LogP contribution is 2.67. The van der Waals surface area contributed by atoms with Gasteiger partial charge in [0.15, 0.2) is 0 Å². The minimum atomic E-state index is -2.04. The number of carboxylic acid groups (broad SMARTS) is 3. The van der Waals surface area contributed by atoms with Crippen LogP contribution in [-0.2, 0) is 60.3 Å². The number of nitrogens with zero attached hydrogens (tertiary/aromatic N) is 3. The molecule has 1 saturated carbocycles. The molecule has 464 valence electrons. The number of fused-ring (bicyclic) bond motifs is 6. The largest absolute Gasteiger partial charge is 0.496 e. The maximum absolute atomic E-state index is 15.5. The summed E-state index contributed by atoms with van der Waals surface area (Å²) >= 11 is 0. The number of amides is 3. The number of para-hydroxylation sites is 1. The van der Waals surface area contributed by atoms with E-state index < -0.39 is 119 Å². The summed E-state index contributed by atoms with van der Waals surface area (Å²) < 4.78 is 17.7. The molecule has 11 N–H and O–H groups in total. The highest BCUT2D eigenvalue weighted by Gasteiger charge is 2.77. The molecule has 2 aromatic carbocycles. The van der Waals surface area contributed by atoms with E-state index in [1.54, 1.807) is 7.11 Å². The van der Waals surface area contributed by atoms with Gasteiger partial charge < -0.3 is 65.4 Å². The highest BCUT2D eigenvalue weighted by atomic mass is 33.1. The van der Waals surface area contributed by atoms with Crippen LogP contribution < -0.4 is 31.3 Å². The Morgan fingerprint density at radius 1 is 0.882 bits per heavy atom. The van der Waals surface area contributed by atoms with E-state index in [4.69, 9.17) is 24.2 Å². The monoisotopic (exact) mass is 1220 g/mol. The number of hydrogen-bond donors (Lipinski definition) is 11. The molecular formula is C58H78N8O17S2. The van der Waals surface area contributed by atoms with Gasteiger partial charge >= 0.3 is 30.0 Å². The summed E-state index contributed by atoms with van der Waals surface area (Å²) in [7, 11) is 6.99. The second-order valence-corrected chi connectivity index (χ2v) is 26.2. The van der Waals surface area contributed by atoms with E-state index in [0.29, 0.717) is 81.8 Å². The van der Waals surface area contributed by atoms with Gasteiger partial charge in [-0.25, -0.2) is 19.8 Å². The van der Waals surface area contributed by atoms with Gasteiger partial charge in [-0.3, -0.25) is 33.8 Å². The van der Waals surface area contributed by atoms with Crippen molar-refractivity contribution < 1.29 is 83.2 Å². The van der Waals surface area contributed by atoms with E-state index in [2.05, 4.69) is 48.6 Å². The fraction of sp³-hybridized carbons (Fsp3) is 0.603. The van der Waals surface area contributed by atoms with Crippen LogP contribution in [0.2, 0.25) is 0 Å². The number of aromatic nitrogens is 1. The van der Waals surface area contributed by atoms with Crippen molar-refractivity contribution in [1.29, 1.82) is 0 Å². The van der Waals surface area contributed by atoms with Crippen LogP contribution in [0.1, 0.15) is 88.1 Å². The molecule has 1 aromatic heterocycles. The Hall–Kier alpha value is -6.17. The predicted octanol–water partition coefficient (Wildman–Crippen LogP) is 2.43. The molecule has 2 saturated heterocycles. The van der Waals surface area contributed by atoms with E-state index >= 15 is 4.79 Å². The Morgan fingerprint density at radius 2 is 1.61 bits per heavy atom. The number of hydrazine groups is 1. The van der Waals surface area contributed by atoms with Crippen molar-refractivity contribution in [2.24, 2.45) is 17.3 Å². The van der Waals surface area contributed by atoms with Crippen LogP contribution in [0, 0.1) is 17.3 Å². The van der Waals surface area contributed by atoms with E-state index in [9.17, 15) is 54.3 Å². The van der Waals surface area contributed by atoms with Crippen LogP contribution >= 0.6 is 21.6 Å². The molecule has 6 aliphatic rings. The maximum atomic E-state index is 15.5. The lowest BCUT2D eigenvalue weighted by Gasteiger charge is -2.64. The topological polar surface area (TPSA) is 351 Å². The van der Waals surface area contributed by atoms with Crippen molar-refractivity contribution in [3.05, 3.63) is 70.9 Å². The zero-order chi connectivity index (χ0) is 61.4. The van der Waals surface area contributed by atoms with Gasteiger partial charge in [-0.05, 0) is 74.2 Å². The zero-order valence-corrected chi connectivity index (χ0v) is 50.1. The van der Waals surface area contributed by atoms with Crippen LogP contribution in [-0.4, -0.2) is 207 Å². The molecular weight excluding hydrogens is 1140 g/mol. The molecule has 27 heteroatoms. The number of carbonyl (C=O) groups excluding carboxylic acids is 4. The van der Waals surface area contributed by atoms with Crippen molar-refractivity contribution in [2.45, 2.75) is 124 Å². The van der Waals surface area contributed by atoms with Crippen molar-refractivity contribution in [3.63, 3.8) is 0 Å². The molecule has 2 bridgehead atoms. The normalized spacial score (nSPS) is 30.2. The number of aliphatic hydroxyl groups excluding tert-OH is 1. The fourth-order valence-corrected chi connectivity index (χ4v) is 17.1. The SMILES string of the molecule is CC[C@]1(O)CC2CN(CCc3c([nH]c4ccccc34)[C@@](C(=O)OC)(c3cc4c(cc3OC)N(C)C3C45CCN4CC=C[C@](CC)(C45)[C@@H](O)[C@]3(O)CONNC(=O)OCCSSC[C@H](NC(=O)C[C@H](NC(=O)C[C@H](C)C(=O)O)C(=O)O)C(=O)O)C2)C1. The summed E-state index contributed by atoms with van der Waals surface area (Å²) in [6.45, 7) is 7.63. The van der Waals surface area contributed by atoms with E-state index in [0.717, 1.165) is 49.3 Å². The smallest absolute Gasteiger partial charge is 0.423 e. The highest BCUT2D eigenvalue weighted by molar-refractivity contribution is 8.76. The molecule has 5 unspecified atom stereocenters. The van der Waals surface area contributed by atoms with Gasteiger partial charge in [0.25, 0.3) is 0 Å². The molecule has 3 amide bonds. The number of aliphatic carboxylic acids is 3. The zero-order valence-electron chi connectivity index (χ0n) is 48.5. The standard InChI is InChI=1S/C58H78N8O17S2/c1-7-54(78)26-33-27-57(52(76)81-6,45-35(14-18-65(28-33)30-54)34-12-9-10-13-38(34)61-45)37-23-36-41(25-42(37)80-5)64(4)50-56(36)16-19-66-17-11-15-55(8-2,49(56)66)51(75)58(50,79)31-83-63-62-53(77)82-20-21-84-85-29-40(48(73)74)60-44(68)24-39(47(71)72)59-43(67)22-32(3)46(69)70/h9-13,15,23,25,32-33,39-40,49-51,61,63,75,78-79H,7-8,14,16-22,24,26-31H2,1-6H3,(H,59,67)(H,60,68)(H,62,77)(H,69,70)(H,71,72)(H,73,74)/t32-,33?,39-,40-,49?,50?,51+,54-,55+,56?,57-,58-/m0/s1. The first kappa shape index (κ1) is 63.3. The van der Waals surface area contributed by atoms with Gasteiger partial charge in [-0.2, -0.15) is 0 Å². The van der Waals surface area contributed by atoms with Crippen LogP contribution in [0.5, 0.6) is 5.75 Å². The number of likely N-dealkylation sites (N-methyl/N-ethyl adjacent to an activating group) is 1. The Bertz CT molecular complexity index is 3100. The van der Waals surface area contributed by atoms with Crippen molar-refractivity contribution in [2.75, 3.05) is 83.6 Å². The molecule has 1 aliphatic carbocycles. The Labute approximate surface area is 499 Å². The lowest BCUT2D eigenvalue weighted by molar-refractivity contribution is -0.228. The van der Waals surface area contributed by atoms with Crippen LogP contribution in [0.4, 0.5) is 10.5 Å². The first-order chi connectivity index (χ1) is 40.5. The average Bonchev–Trinajstić information content (AvgIpc) is 1.53. The summed E-state index contributed by atoms with van der Waals surface area (Å²) in [4.78, 5) is 104. The molecule has 0 radical (unpaired) electrons. The number of nitrogens with one attached hydrogen (secondary N) is 5. The Kier molecular flexibility index (Phi) is 18.8. The molecule has 5 aliphatic heterocycles. The van der Waals surface area contributed by atoms with Gasteiger partial charge in [-0.15, -0.1) is 5.59 Å². The van der Waals surface area contributed by atoms with Crippen LogP contribution in [0.3, 0.4) is 0 Å². The quantitative estimate of drug-likeness (QED) is 0.0202. The lowest BCUT2D eigenvalue weighted by atomic mass is 9.48. The maximum Gasteiger partial charge on any atom is 0.423 e. The number of H-pyrrole nitrogens is 1. The number of piperidine rings is 1. The third kappa shape index (κ3) is 11.6. The van der Waals surface area contributed by atoms with E-state index in [-0.39, 0.29) is 36.5 Å². The molecule has 3 aromatic rings. The van der Waals surface area contributed by atoms with Gasteiger partial charge in [-0.1, -0.05) is 72.7 Å². The van der Waals surface area contributed by atoms with Crippen molar-refractivity contribution in [1.82, 2.24) is 36.4 Å². The van der Waals surface area contributed by atoms with Gasteiger partial charge in [0.2, 0.25) is 11.8 Å². The number of methoxy groups -OCH3 is 2. The molecule has 6 heterocycles. The number of ether oxygens (including phenoxy) is 3. The van der Waals surface area contributed by atoms with E-state index in [1.165, 1.54) is 14.0 Å². The average molecular weight is 1220 g/mol. The van der Waals surface area contributed by atoms with Crippen LogP contribution in [0.25, 0.3) is 10.9 Å². The first-order valence-corrected chi connectivity index (χ1v) is 31.2. The number of esters is 1. The second-order valence-electron chi connectivity index (χ2n) is 23.6. The number of aromatic amines is 1. The summed E-state index contributed by atoms with van der Waals surface area (Å²) in [6.07, 6.45) is 3.21. The molecule has 9 rings (SSSR count). The number of rotatable bonds is 24. The third-order valence-corrected chi connectivity index (χ3v) is 21.1. The van der Waals surface area contributed by atoms with Crippen LogP contribution in [0.15, 0.2) is 48.6 Å². The number of carboxylic acids is 3. The summed E-state index contributed by atoms with van der Waals surface area (Å²) in [5.41, 5.74) is 3.02. The van der Waals surface area contributed by atoms with Crippen molar-refractivity contribution in [3.8, 4) is 5.75 Å². The molecule has 3 fully saturated rings. The minimum absolute atomic E-state index is 0.152. The van der Waals surface area contributed by atoms with Crippen molar-refractivity contribution >= 4 is 80.0 Å². The molecule has 13 atom stereocenters. The summed E-state index contributed by atoms with van der Waals surface area (Å²) in [6, 6.07) is 7.68. The number of hydrogen-bond acceptors (Lipinski definition) is 20. The summed E-state index contributed by atoms with van der Waals surface area (Å²) in [5, 5.41) is 72.1. The first-order valence-electron chi connectivity index (χ1n) is 28.7. The second kappa shape index (κ2) is 25.3. The predicted molar refractivity (Wildman–Crippen MR) is 313 cm³/mol. The summed E-state index contributed by atoms with van der Waals surface area (Å²) in [5.74, 6) is -7.51. The van der Waals surface area contributed by atoms with Gasteiger partial charge in [0.05, 0.1) is 44.3 Å². The fourth-order valence-electron chi connectivity index (χ4n) is 15.1. The number of benzene rings is 2. The number of aliphatic hydroxyl groups is 3. The molecule has 25 nitrogen and oxygen atoms in total. The van der Waals surface area contributed by atoms with E-state index in [1.807, 2.05) is 62.2 Å². The van der Waals surface area contributed by atoms with Gasteiger partial charge in [0, 0.05) is 102 Å². The Morgan fingerprint density at radius 3 is 2.31 bits per heavy atom. The van der Waals surface area contributed by atoms with Gasteiger partial charge in [0.1, 0.15) is 42.1 Å². The Balaban J connectivity index is 0.920. The lowest BCUT2D eigenvalue weighted by Crippen LogP contribution is -2.80. The molecule has 85 heavy (non-hydrogen) atoms.